The van der Waals surface area contributed by atoms with Gasteiger partial charge in [0, 0.05) is 41.0 Å². The molecule has 0 fully saturated rings. The Morgan fingerprint density at radius 1 is 1.00 bits per heavy atom. The zero-order valence-corrected chi connectivity index (χ0v) is 19.9. The third-order valence-corrected chi connectivity index (χ3v) is 6.20. The summed E-state index contributed by atoms with van der Waals surface area (Å²) >= 11 is 0. The number of aliphatic carboxylic acids is 1. The van der Waals surface area contributed by atoms with Gasteiger partial charge in [-0.25, -0.2) is 9.59 Å². The van der Waals surface area contributed by atoms with Crippen LogP contribution in [-0.4, -0.2) is 34.1 Å². The number of carboxylic acids is 1. The van der Waals surface area contributed by atoms with E-state index < -0.39 is 29.6 Å². The Bertz CT molecular complexity index is 1650. The molecular weight excluding hydrogens is 472 g/mol. The lowest BCUT2D eigenvalue weighted by molar-refractivity contribution is -0.142. The zero-order chi connectivity index (χ0) is 25.9. The number of para-hydroxylation sites is 1. The van der Waals surface area contributed by atoms with Crippen molar-refractivity contribution in [1.82, 2.24) is 10.3 Å². The number of nitrogens with one attached hydrogen (secondary N) is 2. The lowest BCUT2D eigenvalue weighted by atomic mass is 10.0. The first kappa shape index (κ1) is 23.9. The van der Waals surface area contributed by atoms with Gasteiger partial charge in [0.1, 0.15) is 17.4 Å². The number of carboxylic acid groups (broad SMARTS) is 1. The molecule has 5 rings (SSSR count). The molecule has 0 saturated heterocycles. The number of hydrogen-bond acceptors (Lipinski definition) is 5. The highest BCUT2D eigenvalue weighted by Gasteiger charge is 2.25. The van der Waals surface area contributed by atoms with E-state index >= 15 is 0 Å². The van der Waals surface area contributed by atoms with Crippen LogP contribution in [0.4, 0.5) is 0 Å². The van der Waals surface area contributed by atoms with Crippen LogP contribution in [0.5, 0.6) is 5.75 Å². The van der Waals surface area contributed by atoms with Gasteiger partial charge in [-0.3, -0.25) is 4.79 Å². The summed E-state index contributed by atoms with van der Waals surface area (Å²) in [5.74, 6) is -1.41. The van der Waals surface area contributed by atoms with E-state index in [-0.39, 0.29) is 6.42 Å². The van der Waals surface area contributed by atoms with Crippen molar-refractivity contribution < 1.29 is 23.8 Å². The summed E-state index contributed by atoms with van der Waals surface area (Å²) in [6.07, 6.45) is 0.867. The molecule has 186 valence electrons. The molecule has 0 aliphatic carbocycles. The summed E-state index contributed by atoms with van der Waals surface area (Å²) < 4.78 is 11.2. The van der Waals surface area contributed by atoms with Gasteiger partial charge in [0.15, 0.2) is 6.10 Å². The molecule has 5 aromatic rings. The first-order chi connectivity index (χ1) is 17.9. The number of hydrogen-bond donors (Lipinski definition) is 3. The van der Waals surface area contributed by atoms with Crippen LogP contribution in [0.25, 0.3) is 33.0 Å². The van der Waals surface area contributed by atoms with Gasteiger partial charge in [-0.1, -0.05) is 48.5 Å². The van der Waals surface area contributed by atoms with E-state index in [1.54, 1.807) is 24.4 Å². The molecule has 0 aliphatic rings. The predicted molar refractivity (Wildman–Crippen MR) is 140 cm³/mol. The van der Waals surface area contributed by atoms with E-state index in [0.717, 1.165) is 33.0 Å². The lowest BCUT2D eigenvalue weighted by Crippen LogP contribution is -2.47. The van der Waals surface area contributed by atoms with Gasteiger partial charge in [0.25, 0.3) is 5.91 Å². The second-order valence-electron chi connectivity index (χ2n) is 8.73. The highest BCUT2D eigenvalue weighted by Crippen LogP contribution is 2.30. The van der Waals surface area contributed by atoms with Crippen LogP contribution in [0.3, 0.4) is 0 Å². The number of carbonyl (C=O) groups is 2. The highest BCUT2D eigenvalue weighted by atomic mass is 16.5. The van der Waals surface area contributed by atoms with Crippen molar-refractivity contribution in [3.05, 3.63) is 101 Å². The maximum Gasteiger partial charge on any atom is 0.336 e. The molecule has 0 spiro atoms. The van der Waals surface area contributed by atoms with Crippen molar-refractivity contribution >= 4 is 33.7 Å². The largest absolute Gasteiger partial charge is 0.481 e. The standard InChI is InChI=1S/C29H24N2O6/c1-17(28(33)31-25(29(34)35)13-19-16-30-24-10-6-5-9-21(19)24)36-20-11-12-22-23(18-7-3-2-4-8-18)15-27(32)37-26(22)14-20/h2-12,14-17,25,30H,13H2,1H3,(H,31,33)(H,34,35)/t17?,25-/m0/s1. The summed E-state index contributed by atoms with van der Waals surface area (Å²) in [5.41, 5.74) is 3.09. The maximum absolute atomic E-state index is 12.8. The summed E-state index contributed by atoms with van der Waals surface area (Å²) in [6, 6.07) is 22.3. The lowest BCUT2D eigenvalue weighted by Gasteiger charge is -2.19. The van der Waals surface area contributed by atoms with Crippen LogP contribution in [-0.2, 0) is 16.0 Å². The van der Waals surface area contributed by atoms with Crippen molar-refractivity contribution in [3.63, 3.8) is 0 Å². The first-order valence-electron chi connectivity index (χ1n) is 11.8. The molecular formula is C29H24N2O6. The number of ether oxygens (including phenoxy) is 1. The average molecular weight is 497 g/mol. The number of aromatic nitrogens is 1. The summed E-state index contributed by atoms with van der Waals surface area (Å²) in [7, 11) is 0. The molecule has 8 nitrogen and oxygen atoms in total. The number of fused-ring (bicyclic) bond motifs is 2. The fraction of sp³-hybridized carbons (Fsp3) is 0.138. The quantitative estimate of drug-likeness (QED) is 0.272. The van der Waals surface area contributed by atoms with E-state index in [9.17, 15) is 19.5 Å². The van der Waals surface area contributed by atoms with Gasteiger partial charge in [0.05, 0.1) is 0 Å². The number of H-pyrrole nitrogens is 1. The minimum absolute atomic E-state index is 0.112. The normalized spacial score (nSPS) is 12.8. The van der Waals surface area contributed by atoms with Crippen LogP contribution in [0.1, 0.15) is 12.5 Å². The Hall–Kier alpha value is -4.85. The molecule has 0 aliphatic heterocycles. The number of rotatable bonds is 8. The summed E-state index contributed by atoms with van der Waals surface area (Å²) in [4.78, 5) is 40.0. The van der Waals surface area contributed by atoms with Gasteiger partial charge < -0.3 is 24.6 Å². The fourth-order valence-electron chi connectivity index (χ4n) is 4.34. The van der Waals surface area contributed by atoms with Crippen molar-refractivity contribution in [3.8, 4) is 16.9 Å². The third kappa shape index (κ3) is 5.08. The van der Waals surface area contributed by atoms with Gasteiger partial charge in [-0.15, -0.1) is 0 Å². The van der Waals surface area contributed by atoms with Crippen molar-refractivity contribution in [2.24, 2.45) is 0 Å². The smallest absolute Gasteiger partial charge is 0.336 e. The molecule has 2 atom stereocenters. The second kappa shape index (κ2) is 10.0. The molecule has 3 N–H and O–H groups in total. The summed E-state index contributed by atoms with van der Waals surface area (Å²) in [5, 5.41) is 13.9. The van der Waals surface area contributed by atoms with Crippen LogP contribution >= 0.6 is 0 Å². The van der Waals surface area contributed by atoms with Gasteiger partial charge in [0.2, 0.25) is 0 Å². The van der Waals surface area contributed by atoms with Crippen LogP contribution < -0.4 is 15.7 Å². The predicted octanol–water partition coefficient (Wildman–Crippen LogP) is 4.52. The van der Waals surface area contributed by atoms with Crippen LogP contribution in [0, 0.1) is 0 Å². The maximum atomic E-state index is 12.8. The third-order valence-electron chi connectivity index (χ3n) is 6.20. The van der Waals surface area contributed by atoms with Gasteiger partial charge in [-0.2, -0.15) is 0 Å². The number of carbonyl (C=O) groups excluding carboxylic acids is 1. The molecule has 1 unspecified atom stereocenters. The number of amides is 1. The molecule has 0 saturated carbocycles. The molecule has 37 heavy (non-hydrogen) atoms. The van der Waals surface area contributed by atoms with Crippen LogP contribution in [0.2, 0.25) is 0 Å². The second-order valence-corrected chi connectivity index (χ2v) is 8.73. The summed E-state index contributed by atoms with van der Waals surface area (Å²) in [6.45, 7) is 1.53. The Balaban J connectivity index is 1.32. The molecule has 8 heteroatoms. The fourth-order valence-corrected chi connectivity index (χ4v) is 4.34. The number of benzene rings is 3. The SMILES string of the molecule is CC(Oc1ccc2c(-c3ccccc3)cc(=O)oc2c1)C(=O)N[C@@H](Cc1c[nH]c2ccccc12)C(=O)O. The van der Waals surface area contributed by atoms with Crippen molar-refractivity contribution in [2.75, 3.05) is 0 Å². The topological polar surface area (TPSA) is 122 Å². The Labute approximate surface area is 211 Å². The first-order valence-corrected chi connectivity index (χ1v) is 11.8. The van der Waals surface area contributed by atoms with Gasteiger partial charge in [-0.05, 0) is 41.8 Å². The zero-order valence-electron chi connectivity index (χ0n) is 19.9. The van der Waals surface area contributed by atoms with E-state index in [1.807, 2.05) is 54.6 Å². The minimum Gasteiger partial charge on any atom is -0.481 e. The van der Waals surface area contributed by atoms with Crippen molar-refractivity contribution in [1.29, 1.82) is 0 Å². The van der Waals surface area contributed by atoms with E-state index in [4.69, 9.17) is 9.15 Å². The van der Waals surface area contributed by atoms with Gasteiger partial charge >= 0.3 is 11.6 Å². The average Bonchev–Trinajstić information content (AvgIpc) is 3.30. The molecule has 0 radical (unpaired) electrons. The molecule has 2 aromatic heterocycles. The Morgan fingerprint density at radius 2 is 1.76 bits per heavy atom. The highest BCUT2D eigenvalue weighted by molar-refractivity contribution is 5.94. The van der Waals surface area contributed by atoms with E-state index in [0.29, 0.717) is 11.3 Å². The Kier molecular flexibility index (Phi) is 6.47. The molecule has 0 bridgehead atoms. The molecule has 1 amide bonds. The number of aromatic amines is 1. The van der Waals surface area contributed by atoms with E-state index in [1.165, 1.54) is 13.0 Å². The molecule has 2 heterocycles. The monoisotopic (exact) mass is 496 g/mol. The van der Waals surface area contributed by atoms with E-state index in [2.05, 4.69) is 10.3 Å². The van der Waals surface area contributed by atoms with Crippen LogP contribution in [0.15, 0.2) is 94.3 Å². The molecule has 3 aromatic carbocycles. The van der Waals surface area contributed by atoms with Crippen molar-refractivity contribution in [2.45, 2.75) is 25.5 Å². The Morgan fingerprint density at radius 3 is 2.54 bits per heavy atom. The minimum atomic E-state index is -1.15.